The van der Waals surface area contributed by atoms with Gasteiger partial charge in [-0.05, 0) is 51.0 Å². The monoisotopic (exact) mass is 811 g/mol. The molecule has 0 amide bonds. The predicted molar refractivity (Wildman–Crippen MR) is 234 cm³/mol. The molecule has 0 saturated heterocycles. The van der Waals surface area contributed by atoms with E-state index in [9.17, 15) is 19.4 Å². The first kappa shape index (κ1) is 54.0. The third-order valence-corrected chi connectivity index (χ3v) is 10.2. The van der Waals surface area contributed by atoms with Crippen LogP contribution in [-0.2, 0) is 27.9 Å². The molecule has 0 aliphatic rings. The van der Waals surface area contributed by atoms with Gasteiger partial charge in [0.1, 0.15) is 19.8 Å². The number of quaternary nitrogens is 1. The number of phosphoric ester groups is 1. The molecule has 0 aromatic heterocycles. The second-order valence-electron chi connectivity index (χ2n) is 16.0. The van der Waals surface area contributed by atoms with Gasteiger partial charge in [-0.1, -0.05) is 165 Å². The number of allylic oxidation sites excluding steroid dienone is 8. The number of hydrogen-bond donors (Lipinski definition) is 2. The number of rotatable bonds is 40. The standard InChI is InChI=1S/C46H84NO8P/c1-6-8-10-11-12-13-14-15-16-17-18-22-25-28-31-35-40-52-42-45(43-54-56(50,51)53-41-39-47(3,4)5)55-46(49)38-34-30-27-24-21-19-20-23-26-29-33-37-44(48)36-32-9-7-2/h19-20,24,26-27,29,33,35,37,40,44-45,48H,6-18,21-23,25,28,30-32,34,36,38-39,41-43H2,1-5H3/p+1/b20-19-,27-24-,29-26-,37-33+,40-35+/t44-,45+/m0/s1. The normalized spacial score (nSPS) is 14.8. The van der Waals surface area contributed by atoms with E-state index in [0.29, 0.717) is 17.4 Å². The summed E-state index contributed by atoms with van der Waals surface area (Å²) in [7, 11) is 1.57. The van der Waals surface area contributed by atoms with Gasteiger partial charge in [0.05, 0.1) is 40.1 Å². The number of nitrogens with zero attached hydrogens (tertiary/aromatic N) is 1. The van der Waals surface area contributed by atoms with Gasteiger partial charge < -0.3 is 24.0 Å². The van der Waals surface area contributed by atoms with Crippen LogP contribution in [0.2, 0.25) is 0 Å². The largest absolute Gasteiger partial charge is 0.498 e. The van der Waals surface area contributed by atoms with E-state index in [4.69, 9.17) is 18.5 Å². The van der Waals surface area contributed by atoms with Crippen molar-refractivity contribution in [2.24, 2.45) is 0 Å². The van der Waals surface area contributed by atoms with Crippen LogP contribution in [0.4, 0.5) is 0 Å². The molecule has 0 aliphatic heterocycles. The molecule has 0 spiro atoms. The van der Waals surface area contributed by atoms with Crippen molar-refractivity contribution < 1.29 is 42.4 Å². The highest BCUT2D eigenvalue weighted by Crippen LogP contribution is 2.43. The highest BCUT2D eigenvalue weighted by atomic mass is 31.2. The summed E-state index contributed by atoms with van der Waals surface area (Å²) in [5, 5.41) is 9.91. The second kappa shape index (κ2) is 38.5. The van der Waals surface area contributed by atoms with E-state index in [2.05, 4.69) is 44.2 Å². The number of esters is 1. The smallest absolute Gasteiger partial charge is 0.472 e. The van der Waals surface area contributed by atoms with Crippen molar-refractivity contribution in [1.82, 2.24) is 0 Å². The Labute approximate surface area is 343 Å². The van der Waals surface area contributed by atoms with Crippen LogP contribution in [0.1, 0.15) is 168 Å². The average Bonchev–Trinajstić information content (AvgIpc) is 3.14. The summed E-state index contributed by atoms with van der Waals surface area (Å²) in [5.41, 5.74) is 0. The number of hydrogen-bond acceptors (Lipinski definition) is 7. The SMILES string of the molecule is CCCCCCCCCCCCCCCC/C=C/OC[C@H](COP(=O)(O)OCC[N+](C)(C)C)OC(=O)CCC/C=C\C/C=C\C/C=C\C=C\[C@@H](O)CCCCC. The summed E-state index contributed by atoms with van der Waals surface area (Å²) < 4.78 is 34.6. The molecule has 0 radical (unpaired) electrons. The van der Waals surface area contributed by atoms with E-state index in [1.54, 1.807) is 6.26 Å². The highest BCUT2D eigenvalue weighted by molar-refractivity contribution is 7.47. The molecule has 0 aromatic carbocycles. The summed E-state index contributed by atoms with van der Waals surface area (Å²) in [5.74, 6) is -0.407. The zero-order valence-corrected chi connectivity index (χ0v) is 37.4. The zero-order valence-electron chi connectivity index (χ0n) is 36.5. The highest BCUT2D eigenvalue weighted by Gasteiger charge is 2.26. The first-order chi connectivity index (χ1) is 27.0. The topological polar surface area (TPSA) is 112 Å². The van der Waals surface area contributed by atoms with Gasteiger partial charge in [0.2, 0.25) is 0 Å². The zero-order chi connectivity index (χ0) is 41.4. The number of unbranched alkanes of at least 4 members (excludes halogenated alkanes) is 17. The fourth-order valence-electron chi connectivity index (χ4n) is 5.74. The average molecular weight is 811 g/mol. The number of aliphatic hydroxyl groups excluding tert-OH is 1. The molecule has 0 heterocycles. The molecule has 0 aromatic rings. The van der Waals surface area contributed by atoms with Gasteiger partial charge in [-0.15, -0.1) is 0 Å². The molecule has 0 saturated carbocycles. The molecule has 0 bridgehead atoms. The first-order valence-electron chi connectivity index (χ1n) is 22.2. The minimum atomic E-state index is -4.32. The van der Waals surface area contributed by atoms with Crippen LogP contribution in [0.15, 0.2) is 60.9 Å². The van der Waals surface area contributed by atoms with Crippen LogP contribution < -0.4 is 0 Å². The molecule has 9 nitrogen and oxygen atoms in total. The van der Waals surface area contributed by atoms with Gasteiger partial charge >= 0.3 is 13.8 Å². The van der Waals surface area contributed by atoms with Gasteiger partial charge in [0, 0.05) is 6.42 Å². The van der Waals surface area contributed by atoms with E-state index in [-0.39, 0.29) is 32.3 Å². The maximum atomic E-state index is 12.7. The maximum Gasteiger partial charge on any atom is 0.472 e. The lowest BCUT2D eigenvalue weighted by atomic mass is 10.0. The summed E-state index contributed by atoms with van der Waals surface area (Å²) >= 11 is 0. The van der Waals surface area contributed by atoms with Gasteiger partial charge in [-0.2, -0.15) is 0 Å². The molecular weight excluding hydrogens is 725 g/mol. The quantitative estimate of drug-likeness (QED) is 0.0120. The molecule has 3 atom stereocenters. The Balaban J connectivity index is 4.43. The van der Waals surface area contributed by atoms with Crippen LogP contribution in [0.25, 0.3) is 0 Å². The minimum absolute atomic E-state index is 0.0125. The Hall–Kier alpha value is -2.00. The van der Waals surface area contributed by atoms with Gasteiger partial charge in [-0.25, -0.2) is 4.57 Å². The summed E-state index contributed by atoms with van der Waals surface area (Å²) in [4.78, 5) is 22.8. The van der Waals surface area contributed by atoms with E-state index in [1.165, 1.54) is 83.5 Å². The maximum absolute atomic E-state index is 12.7. The van der Waals surface area contributed by atoms with Crippen LogP contribution >= 0.6 is 7.82 Å². The van der Waals surface area contributed by atoms with Crippen LogP contribution in [0, 0.1) is 0 Å². The van der Waals surface area contributed by atoms with Crippen molar-refractivity contribution in [3.63, 3.8) is 0 Å². The van der Waals surface area contributed by atoms with Crippen LogP contribution in [-0.4, -0.2) is 80.2 Å². The number of phosphoric acid groups is 1. The lowest BCUT2D eigenvalue weighted by Crippen LogP contribution is -2.37. The van der Waals surface area contributed by atoms with Crippen molar-refractivity contribution in [2.45, 2.75) is 180 Å². The van der Waals surface area contributed by atoms with Crippen LogP contribution in [0.5, 0.6) is 0 Å². The molecule has 0 rings (SSSR count). The number of likely N-dealkylation sites (N-methyl/N-ethyl adjacent to an activating group) is 1. The lowest BCUT2D eigenvalue weighted by Gasteiger charge is -2.24. The van der Waals surface area contributed by atoms with Crippen molar-refractivity contribution in [3.8, 4) is 0 Å². The van der Waals surface area contributed by atoms with Gasteiger partial charge in [0.25, 0.3) is 0 Å². The van der Waals surface area contributed by atoms with Crippen molar-refractivity contribution in [2.75, 3.05) is 47.5 Å². The molecule has 326 valence electrons. The number of carbonyl (C=O) groups excluding carboxylic acids is 1. The summed E-state index contributed by atoms with van der Waals surface area (Å²) in [6, 6.07) is 0. The van der Waals surface area contributed by atoms with Crippen molar-refractivity contribution >= 4 is 13.8 Å². The third-order valence-electron chi connectivity index (χ3n) is 9.25. The van der Waals surface area contributed by atoms with Gasteiger partial charge in [-0.3, -0.25) is 13.8 Å². The van der Waals surface area contributed by atoms with E-state index in [1.807, 2.05) is 45.4 Å². The molecule has 56 heavy (non-hydrogen) atoms. The van der Waals surface area contributed by atoms with E-state index in [0.717, 1.165) is 57.8 Å². The second-order valence-corrected chi connectivity index (χ2v) is 17.4. The fraction of sp³-hybridized carbons (Fsp3) is 0.761. The summed E-state index contributed by atoms with van der Waals surface area (Å²) in [6.45, 7) is 4.72. The fourth-order valence-corrected chi connectivity index (χ4v) is 6.48. The Bertz CT molecular complexity index is 1100. The summed E-state index contributed by atoms with van der Waals surface area (Å²) in [6.07, 6.45) is 45.4. The van der Waals surface area contributed by atoms with E-state index < -0.39 is 19.9 Å². The lowest BCUT2D eigenvalue weighted by molar-refractivity contribution is -0.870. The number of ether oxygens (including phenoxy) is 2. The molecular formula is C46H85NO8P+. The number of carbonyl (C=O) groups is 1. The molecule has 10 heteroatoms. The predicted octanol–water partition coefficient (Wildman–Crippen LogP) is 12.3. The molecule has 1 unspecified atom stereocenters. The van der Waals surface area contributed by atoms with Crippen LogP contribution in [0.3, 0.4) is 0 Å². The minimum Gasteiger partial charge on any atom is -0.498 e. The van der Waals surface area contributed by atoms with Gasteiger partial charge in [0.15, 0.2) is 6.10 Å². The first-order valence-corrected chi connectivity index (χ1v) is 23.7. The van der Waals surface area contributed by atoms with Crippen molar-refractivity contribution in [1.29, 1.82) is 0 Å². The molecule has 2 N–H and O–H groups in total. The molecule has 0 aliphatic carbocycles. The third kappa shape index (κ3) is 41.6. The Morgan fingerprint density at radius 2 is 1.21 bits per heavy atom. The Kier molecular flexibility index (Phi) is 37.1. The Morgan fingerprint density at radius 1 is 0.661 bits per heavy atom. The molecule has 0 fully saturated rings. The van der Waals surface area contributed by atoms with Crippen molar-refractivity contribution in [3.05, 3.63) is 60.9 Å². The van der Waals surface area contributed by atoms with E-state index >= 15 is 0 Å². The number of aliphatic hydroxyl groups is 1. The Morgan fingerprint density at radius 3 is 1.84 bits per heavy atom.